The molecule has 1 heterocycles. The molecule has 0 fully saturated rings. The molecule has 4 nitrogen and oxygen atoms in total. The maximum atomic E-state index is 11.3. The van der Waals surface area contributed by atoms with Crippen molar-refractivity contribution in [2.24, 2.45) is 5.73 Å². The van der Waals surface area contributed by atoms with Gasteiger partial charge in [0.15, 0.2) is 0 Å². The quantitative estimate of drug-likeness (QED) is 0.852. The number of rotatable bonds is 1. The summed E-state index contributed by atoms with van der Waals surface area (Å²) in [6.07, 6.45) is 2.96. The summed E-state index contributed by atoms with van der Waals surface area (Å²) >= 11 is 0. The number of nitrogens with zero attached hydrogens (tertiary/aromatic N) is 2. The largest absolute Gasteiger partial charge is 0.350 e. The molecule has 0 bridgehead atoms. The summed E-state index contributed by atoms with van der Waals surface area (Å²) in [7, 11) is 0. The van der Waals surface area contributed by atoms with Gasteiger partial charge in [0.25, 0.3) is 0 Å². The van der Waals surface area contributed by atoms with E-state index in [9.17, 15) is 4.79 Å². The number of aryl methyl sites for hydroxylation is 1. The molecule has 19 heavy (non-hydrogen) atoms. The van der Waals surface area contributed by atoms with E-state index in [0.29, 0.717) is 0 Å². The molecule has 99 valence electrons. The van der Waals surface area contributed by atoms with Gasteiger partial charge in [-0.2, -0.15) is 9.78 Å². The molecule has 1 radical (unpaired) electrons. The van der Waals surface area contributed by atoms with Crippen LogP contribution in [0.3, 0.4) is 0 Å². The van der Waals surface area contributed by atoms with Gasteiger partial charge in [0.1, 0.15) is 6.20 Å². The van der Waals surface area contributed by atoms with Crippen LogP contribution in [-0.2, 0) is 5.41 Å². The Balaban J connectivity index is 2.64. The van der Waals surface area contributed by atoms with Gasteiger partial charge in [-0.05, 0) is 12.5 Å². The zero-order chi connectivity index (χ0) is 14.2. The molecular weight excluding hydrogens is 238 g/mol. The molecular formula is C15H18N3O. The van der Waals surface area contributed by atoms with Crippen LogP contribution in [0, 0.1) is 13.1 Å². The second kappa shape index (κ2) is 4.53. The highest BCUT2D eigenvalue weighted by molar-refractivity contribution is 5.76. The highest BCUT2D eigenvalue weighted by Gasteiger charge is 2.24. The summed E-state index contributed by atoms with van der Waals surface area (Å²) in [5, 5.41) is 4.27. The first-order chi connectivity index (χ1) is 8.79. The van der Waals surface area contributed by atoms with E-state index in [1.165, 1.54) is 0 Å². The Hall–Kier alpha value is -2.10. The van der Waals surface area contributed by atoms with Crippen LogP contribution in [0.5, 0.6) is 0 Å². The molecule has 2 N–H and O–H groups in total. The summed E-state index contributed by atoms with van der Waals surface area (Å²) in [4.78, 5) is 11.3. The first-order valence-electron chi connectivity index (χ1n) is 6.18. The minimum atomic E-state index is -0.621. The van der Waals surface area contributed by atoms with Crippen molar-refractivity contribution in [3.05, 3.63) is 41.7 Å². The number of benzene rings is 1. The predicted octanol–water partition coefficient (Wildman–Crippen LogP) is 2.88. The van der Waals surface area contributed by atoms with Gasteiger partial charge in [-0.15, -0.1) is 0 Å². The molecule has 2 rings (SSSR count). The van der Waals surface area contributed by atoms with E-state index in [0.717, 1.165) is 27.1 Å². The van der Waals surface area contributed by atoms with Crippen LogP contribution in [0.4, 0.5) is 4.79 Å². The Bertz CT molecular complexity index is 621. The summed E-state index contributed by atoms with van der Waals surface area (Å²) < 4.78 is 1.08. The second-order valence-electron chi connectivity index (χ2n) is 5.70. The molecule has 1 aromatic heterocycles. The zero-order valence-corrected chi connectivity index (χ0v) is 11.7. The third-order valence-corrected chi connectivity index (χ3v) is 2.88. The van der Waals surface area contributed by atoms with Gasteiger partial charge >= 0.3 is 6.03 Å². The number of carbonyl (C=O) groups is 1. The number of nitrogens with two attached hydrogens (primary N) is 1. The van der Waals surface area contributed by atoms with E-state index in [2.05, 4.69) is 11.3 Å². The molecule has 0 saturated carbocycles. The van der Waals surface area contributed by atoms with Crippen LogP contribution in [-0.4, -0.2) is 15.8 Å². The van der Waals surface area contributed by atoms with Gasteiger partial charge in [0.2, 0.25) is 0 Å². The standard InChI is InChI=1S/C15H18N3O/c1-10-6-5-7-11(8-10)12-9-18(14(16)19)17-13(12)15(2,3)4/h5-8H,1-4H3,(H2,16,19). The van der Waals surface area contributed by atoms with Crippen molar-refractivity contribution in [1.82, 2.24) is 9.78 Å². The van der Waals surface area contributed by atoms with Crippen molar-refractivity contribution in [3.63, 3.8) is 0 Å². The lowest BCUT2D eigenvalue weighted by atomic mass is 9.87. The van der Waals surface area contributed by atoms with Gasteiger partial charge in [-0.1, -0.05) is 50.6 Å². The Kier molecular flexibility index (Phi) is 3.18. The average molecular weight is 256 g/mol. The third kappa shape index (κ3) is 2.67. The van der Waals surface area contributed by atoms with Crippen LogP contribution < -0.4 is 5.73 Å². The Morgan fingerprint density at radius 2 is 2.05 bits per heavy atom. The van der Waals surface area contributed by atoms with Crippen LogP contribution in [0.25, 0.3) is 11.1 Å². The zero-order valence-electron chi connectivity index (χ0n) is 11.7. The fraction of sp³-hybridized carbons (Fsp3) is 0.333. The molecule has 0 unspecified atom stereocenters. The number of amides is 1. The first-order valence-corrected chi connectivity index (χ1v) is 6.18. The van der Waals surface area contributed by atoms with Crippen LogP contribution >= 0.6 is 0 Å². The maximum absolute atomic E-state index is 11.3. The average Bonchev–Trinajstić information content (AvgIpc) is 2.73. The normalized spacial score (nSPS) is 11.6. The van der Waals surface area contributed by atoms with Gasteiger partial charge in [-0.3, -0.25) is 0 Å². The van der Waals surface area contributed by atoms with Crippen LogP contribution in [0.2, 0.25) is 0 Å². The monoisotopic (exact) mass is 256 g/mol. The molecule has 4 heteroatoms. The van der Waals surface area contributed by atoms with Gasteiger partial charge < -0.3 is 5.73 Å². The van der Waals surface area contributed by atoms with Gasteiger partial charge in [0.05, 0.1) is 5.69 Å². The van der Waals surface area contributed by atoms with Crippen molar-refractivity contribution in [3.8, 4) is 11.1 Å². The van der Waals surface area contributed by atoms with E-state index < -0.39 is 6.03 Å². The Labute approximate surface area is 113 Å². The van der Waals surface area contributed by atoms with Crippen LogP contribution in [0.15, 0.2) is 24.3 Å². The molecule has 0 aliphatic heterocycles. The van der Waals surface area contributed by atoms with Crippen LogP contribution in [0.1, 0.15) is 32.0 Å². The highest BCUT2D eigenvalue weighted by Crippen LogP contribution is 2.31. The Morgan fingerprint density at radius 1 is 1.37 bits per heavy atom. The minimum Gasteiger partial charge on any atom is -0.350 e. The summed E-state index contributed by atoms with van der Waals surface area (Å²) in [6.45, 7) is 8.17. The predicted molar refractivity (Wildman–Crippen MR) is 74.9 cm³/mol. The summed E-state index contributed by atoms with van der Waals surface area (Å²) in [6, 6.07) is 7.42. The van der Waals surface area contributed by atoms with Crippen molar-refractivity contribution < 1.29 is 4.79 Å². The fourth-order valence-corrected chi connectivity index (χ4v) is 1.97. The van der Waals surface area contributed by atoms with Crippen molar-refractivity contribution in [1.29, 1.82) is 0 Å². The molecule has 0 aliphatic carbocycles. The minimum absolute atomic E-state index is 0.184. The van der Waals surface area contributed by atoms with E-state index in [1.807, 2.05) is 52.0 Å². The first kappa shape index (κ1) is 13.3. The Morgan fingerprint density at radius 3 is 2.58 bits per heavy atom. The molecule has 1 aromatic carbocycles. The molecule has 1 amide bonds. The number of primary amides is 1. The molecule has 0 aliphatic rings. The smallest absolute Gasteiger partial charge is 0.340 e. The molecule has 0 spiro atoms. The lowest BCUT2D eigenvalue weighted by molar-refractivity contribution is 0.247. The lowest BCUT2D eigenvalue weighted by Crippen LogP contribution is -2.21. The number of aromatic nitrogens is 2. The van der Waals surface area contributed by atoms with Crippen molar-refractivity contribution in [2.75, 3.05) is 0 Å². The van der Waals surface area contributed by atoms with E-state index in [-0.39, 0.29) is 5.41 Å². The highest BCUT2D eigenvalue weighted by atomic mass is 16.2. The van der Waals surface area contributed by atoms with Crippen molar-refractivity contribution >= 4 is 6.03 Å². The van der Waals surface area contributed by atoms with E-state index in [1.54, 1.807) is 0 Å². The SMILES string of the molecule is Cc1cccc(-c2[c]n(C(N)=O)nc2C(C)(C)C)c1. The third-order valence-electron chi connectivity index (χ3n) is 2.88. The fourth-order valence-electron chi connectivity index (χ4n) is 1.97. The van der Waals surface area contributed by atoms with E-state index in [4.69, 9.17) is 5.73 Å². The molecule has 0 saturated heterocycles. The molecule has 2 aromatic rings. The number of carbonyl (C=O) groups excluding carboxylic acids is 1. The van der Waals surface area contributed by atoms with E-state index >= 15 is 0 Å². The van der Waals surface area contributed by atoms with Gasteiger partial charge in [0, 0.05) is 11.0 Å². The number of hydrogen-bond acceptors (Lipinski definition) is 2. The summed E-state index contributed by atoms with van der Waals surface area (Å²) in [5.41, 5.74) is 8.89. The van der Waals surface area contributed by atoms with Gasteiger partial charge in [-0.25, -0.2) is 4.79 Å². The van der Waals surface area contributed by atoms with Crippen molar-refractivity contribution in [2.45, 2.75) is 33.1 Å². The molecule has 0 atom stereocenters. The topological polar surface area (TPSA) is 60.9 Å². The number of hydrogen-bond donors (Lipinski definition) is 1. The maximum Gasteiger partial charge on any atom is 0.340 e. The second-order valence-corrected chi connectivity index (χ2v) is 5.70. The lowest BCUT2D eigenvalue weighted by Gasteiger charge is -2.17. The summed E-state index contributed by atoms with van der Waals surface area (Å²) in [5.74, 6) is 0.